The van der Waals surface area contributed by atoms with Crippen molar-refractivity contribution in [2.45, 2.75) is 46.6 Å². The molecule has 8 heteroatoms. The Kier molecular flexibility index (Phi) is 11.8. The van der Waals surface area contributed by atoms with E-state index in [-0.39, 0.29) is 24.0 Å². The van der Waals surface area contributed by atoms with Crippen LogP contribution in [0.1, 0.15) is 49.0 Å². The first-order valence-corrected chi connectivity index (χ1v) is 10.0. The van der Waals surface area contributed by atoms with Crippen LogP contribution < -0.4 is 10.6 Å². The van der Waals surface area contributed by atoms with E-state index in [2.05, 4.69) is 58.9 Å². The van der Waals surface area contributed by atoms with Crippen LogP contribution in [-0.2, 0) is 18.3 Å². The summed E-state index contributed by atoms with van der Waals surface area (Å²) in [6.45, 7) is 11.9. The maximum Gasteiger partial charge on any atom is 0.191 e. The van der Waals surface area contributed by atoms with E-state index in [1.54, 1.807) is 0 Å². The van der Waals surface area contributed by atoms with Crippen molar-refractivity contribution in [2.24, 2.45) is 12.0 Å². The summed E-state index contributed by atoms with van der Waals surface area (Å²) in [6, 6.07) is 8.65. The van der Waals surface area contributed by atoms with Crippen molar-refractivity contribution in [1.29, 1.82) is 0 Å². The van der Waals surface area contributed by atoms with Crippen LogP contribution in [0.25, 0.3) is 0 Å². The van der Waals surface area contributed by atoms with Gasteiger partial charge in [-0.3, -0.25) is 0 Å². The first-order valence-electron chi connectivity index (χ1n) is 10.0. The third-order valence-corrected chi connectivity index (χ3v) is 4.71. The van der Waals surface area contributed by atoms with E-state index in [0.717, 1.165) is 50.3 Å². The molecule has 2 N–H and O–H groups in total. The summed E-state index contributed by atoms with van der Waals surface area (Å²) in [5.41, 5.74) is 2.61. The average molecular weight is 514 g/mol. The molecule has 0 saturated heterocycles. The zero-order valence-corrected chi connectivity index (χ0v) is 20.6. The zero-order chi connectivity index (χ0) is 20.4. The van der Waals surface area contributed by atoms with Gasteiger partial charge in [0, 0.05) is 33.4 Å². The standard InChI is InChI=1S/C21H34N6O.HI/c1-6-28-12-8-11-22-21(24-15-20-26-25-18(4)27(20)5)23-14-17(3)19-10-7-9-16(2)13-19;/h7,9-10,13,17H,6,8,11-12,14-15H2,1-5H3,(H2,22,23,24);1H. The van der Waals surface area contributed by atoms with Gasteiger partial charge in [0.15, 0.2) is 11.8 Å². The minimum absolute atomic E-state index is 0. The highest BCUT2D eigenvalue weighted by atomic mass is 127. The monoisotopic (exact) mass is 514 g/mol. The van der Waals surface area contributed by atoms with E-state index in [9.17, 15) is 0 Å². The lowest BCUT2D eigenvalue weighted by Gasteiger charge is -2.17. The van der Waals surface area contributed by atoms with Crippen LogP contribution in [0.2, 0.25) is 0 Å². The quantitative estimate of drug-likeness (QED) is 0.220. The van der Waals surface area contributed by atoms with E-state index >= 15 is 0 Å². The molecule has 1 heterocycles. The molecule has 162 valence electrons. The Morgan fingerprint density at radius 1 is 1.24 bits per heavy atom. The Morgan fingerprint density at radius 3 is 2.69 bits per heavy atom. The van der Waals surface area contributed by atoms with E-state index in [0.29, 0.717) is 12.5 Å². The van der Waals surface area contributed by atoms with Crippen LogP contribution in [0.3, 0.4) is 0 Å². The highest BCUT2D eigenvalue weighted by Crippen LogP contribution is 2.15. The normalized spacial score (nSPS) is 12.4. The van der Waals surface area contributed by atoms with Crippen LogP contribution in [0.5, 0.6) is 0 Å². The number of hydrogen-bond donors (Lipinski definition) is 2. The molecule has 7 nitrogen and oxygen atoms in total. The van der Waals surface area contributed by atoms with Crippen molar-refractivity contribution in [3.05, 3.63) is 47.0 Å². The molecule has 0 radical (unpaired) electrons. The molecule has 0 fully saturated rings. The highest BCUT2D eigenvalue weighted by Gasteiger charge is 2.09. The minimum atomic E-state index is 0. The molecule has 0 bridgehead atoms. The molecule has 1 aromatic carbocycles. The summed E-state index contributed by atoms with van der Waals surface area (Å²) in [5, 5.41) is 15.1. The molecule has 1 aromatic heterocycles. The lowest BCUT2D eigenvalue weighted by molar-refractivity contribution is 0.145. The minimum Gasteiger partial charge on any atom is -0.382 e. The predicted molar refractivity (Wildman–Crippen MR) is 129 cm³/mol. The van der Waals surface area contributed by atoms with Crippen molar-refractivity contribution in [1.82, 2.24) is 25.4 Å². The molecule has 2 rings (SSSR count). The van der Waals surface area contributed by atoms with Gasteiger partial charge < -0.3 is 19.9 Å². The lowest BCUT2D eigenvalue weighted by atomic mass is 9.99. The summed E-state index contributed by atoms with van der Waals surface area (Å²) in [7, 11) is 1.96. The van der Waals surface area contributed by atoms with E-state index < -0.39 is 0 Å². The summed E-state index contributed by atoms with van der Waals surface area (Å²) < 4.78 is 7.37. The van der Waals surface area contributed by atoms with Gasteiger partial charge >= 0.3 is 0 Å². The van der Waals surface area contributed by atoms with Crippen molar-refractivity contribution in [3.63, 3.8) is 0 Å². The maximum absolute atomic E-state index is 5.41. The fourth-order valence-electron chi connectivity index (χ4n) is 2.78. The number of ether oxygens (including phenoxy) is 1. The fourth-order valence-corrected chi connectivity index (χ4v) is 2.78. The first kappa shape index (κ1) is 25.4. The lowest BCUT2D eigenvalue weighted by Crippen LogP contribution is -2.40. The smallest absolute Gasteiger partial charge is 0.191 e. The predicted octanol–water partition coefficient (Wildman–Crippen LogP) is 3.32. The van der Waals surface area contributed by atoms with Gasteiger partial charge in [0.2, 0.25) is 0 Å². The largest absolute Gasteiger partial charge is 0.382 e. The average Bonchev–Trinajstić information content (AvgIpc) is 3.01. The molecule has 29 heavy (non-hydrogen) atoms. The number of benzene rings is 1. The van der Waals surface area contributed by atoms with Gasteiger partial charge in [0.05, 0.1) is 0 Å². The summed E-state index contributed by atoms with van der Waals surface area (Å²) in [5.74, 6) is 2.90. The number of halogens is 1. The van der Waals surface area contributed by atoms with Crippen LogP contribution >= 0.6 is 24.0 Å². The number of rotatable bonds is 10. The second-order valence-corrected chi connectivity index (χ2v) is 7.06. The molecular formula is C21H35IN6O. The second-order valence-electron chi connectivity index (χ2n) is 7.06. The number of aliphatic imine (C=N–C) groups is 1. The van der Waals surface area contributed by atoms with Crippen molar-refractivity contribution >= 4 is 29.9 Å². The summed E-state index contributed by atoms with van der Waals surface area (Å²) in [4.78, 5) is 4.70. The maximum atomic E-state index is 5.41. The van der Waals surface area contributed by atoms with Gasteiger partial charge in [-0.2, -0.15) is 0 Å². The van der Waals surface area contributed by atoms with Crippen LogP contribution in [0.15, 0.2) is 29.3 Å². The Labute approximate surface area is 191 Å². The van der Waals surface area contributed by atoms with Gasteiger partial charge in [0.1, 0.15) is 12.4 Å². The molecule has 0 amide bonds. The van der Waals surface area contributed by atoms with Crippen LogP contribution in [-0.4, -0.2) is 47.0 Å². The summed E-state index contributed by atoms with van der Waals surface area (Å²) in [6.07, 6.45) is 0.936. The first-order chi connectivity index (χ1) is 13.5. The Bertz CT molecular complexity index is 761. The number of aryl methyl sites for hydroxylation is 2. The SMILES string of the molecule is CCOCCCNC(=NCc1nnc(C)n1C)NCC(C)c1cccc(C)c1.I. The summed E-state index contributed by atoms with van der Waals surface area (Å²) >= 11 is 0. The van der Waals surface area contributed by atoms with E-state index in [1.165, 1.54) is 11.1 Å². The van der Waals surface area contributed by atoms with E-state index in [4.69, 9.17) is 9.73 Å². The van der Waals surface area contributed by atoms with Gasteiger partial charge in [-0.1, -0.05) is 36.8 Å². The number of hydrogen-bond acceptors (Lipinski definition) is 4. The topological polar surface area (TPSA) is 76.4 Å². The molecule has 2 aromatic rings. The van der Waals surface area contributed by atoms with Gasteiger partial charge in [-0.15, -0.1) is 34.2 Å². The zero-order valence-electron chi connectivity index (χ0n) is 18.2. The number of aromatic nitrogens is 3. The van der Waals surface area contributed by atoms with E-state index in [1.807, 2.05) is 25.5 Å². The fraction of sp³-hybridized carbons (Fsp3) is 0.571. The third kappa shape index (κ3) is 8.69. The second kappa shape index (κ2) is 13.5. The molecular weight excluding hydrogens is 479 g/mol. The Balaban J connectivity index is 0.00000420. The van der Waals surface area contributed by atoms with Gasteiger partial charge in [-0.05, 0) is 38.7 Å². The molecule has 0 saturated carbocycles. The molecule has 0 aliphatic rings. The van der Waals surface area contributed by atoms with Crippen LogP contribution in [0, 0.1) is 13.8 Å². The molecule has 0 spiro atoms. The van der Waals surface area contributed by atoms with Crippen molar-refractivity contribution in [3.8, 4) is 0 Å². The number of nitrogens with zero attached hydrogens (tertiary/aromatic N) is 4. The van der Waals surface area contributed by atoms with Gasteiger partial charge in [-0.25, -0.2) is 4.99 Å². The molecule has 0 aliphatic heterocycles. The molecule has 0 aliphatic carbocycles. The third-order valence-electron chi connectivity index (χ3n) is 4.71. The number of nitrogens with one attached hydrogen (secondary N) is 2. The Hall–Kier alpha value is -1.68. The molecule has 1 unspecified atom stereocenters. The van der Waals surface area contributed by atoms with Crippen LogP contribution in [0.4, 0.5) is 0 Å². The van der Waals surface area contributed by atoms with Crippen molar-refractivity contribution in [2.75, 3.05) is 26.3 Å². The Morgan fingerprint density at radius 2 is 2.03 bits per heavy atom. The van der Waals surface area contributed by atoms with Crippen molar-refractivity contribution < 1.29 is 4.74 Å². The highest BCUT2D eigenvalue weighted by molar-refractivity contribution is 14.0. The molecule has 1 atom stereocenters. The number of guanidine groups is 1. The van der Waals surface area contributed by atoms with Gasteiger partial charge in [0.25, 0.3) is 0 Å².